The van der Waals surface area contributed by atoms with E-state index >= 15 is 0 Å². The van der Waals surface area contributed by atoms with Gasteiger partial charge in [0.15, 0.2) is 10.8 Å². The molecule has 6 heteroatoms. The minimum Gasteiger partial charge on any atom is -0.483 e. The molecule has 106 valence electrons. The highest BCUT2D eigenvalue weighted by atomic mass is 79.9. The lowest BCUT2D eigenvalue weighted by Gasteiger charge is -2.16. The smallest absolute Gasteiger partial charge is 0.289 e. The van der Waals surface area contributed by atoms with Crippen LogP contribution in [0.4, 0.5) is 0 Å². The highest BCUT2D eigenvalue weighted by Crippen LogP contribution is 2.26. The Morgan fingerprint density at radius 1 is 1.40 bits per heavy atom. The van der Waals surface area contributed by atoms with Gasteiger partial charge < -0.3 is 4.74 Å². The molecule has 0 saturated carbocycles. The lowest BCUT2D eigenvalue weighted by Crippen LogP contribution is -2.23. The number of ether oxygens (including phenoxy) is 1. The van der Waals surface area contributed by atoms with Crippen LogP contribution in [0.25, 0.3) is 0 Å². The predicted octanol–water partition coefficient (Wildman–Crippen LogP) is 3.82. The van der Waals surface area contributed by atoms with Crippen LogP contribution < -0.4 is 10.3 Å². The van der Waals surface area contributed by atoms with Crippen molar-refractivity contribution in [3.63, 3.8) is 0 Å². The van der Waals surface area contributed by atoms with Gasteiger partial charge in [0.05, 0.1) is 6.20 Å². The Balaban J connectivity index is 2.24. The van der Waals surface area contributed by atoms with Gasteiger partial charge in [0, 0.05) is 11.0 Å². The first-order valence-electron chi connectivity index (χ1n) is 6.20. The first kappa shape index (κ1) is 15.1. The first-order chi connectivity index (χ1) is 9.52. The number of rotatable bonds is 4. The Morgan fingerprint density at radius 2 is 2.05 bits per heavy atom. The minimum absolute atomic E-state index is 0.0609. The monoisotopic (exact) mass is 356 g/mol. The van der Waals surface area contributed by atoms with Crippen molar-refractivity contribution in [1.82, 2.24) is 9.78 Å². The maximum atomic E-state index is 11.9. The lowest BCUT2D eigenvalue weighted by molar-refractivity contribution is 0.224. The van der Waals surface area contributed by atoms with E-state index in [-0.39, 0.29) is 16.7 Å². The number of aryl methyl sites for hydroxylation is 1. The van der Waals surface area contributed by atoms with Gasteiger partial charge in [-0.25, -0.2) is 4.68 Å². The number of hydrogen-bond donors (Lipinski definition) is 0. The molecule has 1 unspecified atom stereocenters. The summed E-state index contributed by atoms with van der Waals surface area (Å²) >= 11 is 9.41. The second-order valence-electron chi connectivity index (χ2n) is 4.26. The summed E-state index contributed by atoms with van der Waals surface area (Å²) in [7, 11) is 0. The molecule has 0 fully saturated rings. The second kappa shape index (κ2) is 6.41. The normalized spacial score (nSPS) is 12.2. The van der Waals surface area contributed by atoms with Crippen LogP contribution in [0.5, 0.6) is 5.75 Å². The summed E-state index contributed by atoms with van der Waals surface area (Å²) < 4.78 is 8.02. The first-order valence-corrected chi connectivity index (χ1v) is 7.37. The topological polar surface area (TPSA) is 44.1 Å². The van der Waals surface area contributed by atoms with E-state index < -0.39 is 0 Å². The summed E-state index contributed by atoms with van der Waals surface area (Å²) in [5.74, 6) is 0.303. The second-order valence-corrected chi connectivity index (χ2v) is 5.55. The van der Waals surface area contributed by atoms with E-state index in [1.54, 1.807) is 0 Å². The Bertz CT molecular complexity index is 655. The zero-order valence-electron chi connectivity index (χ0n) is 11.1. The fourth-order valence-electron chi connectivity index (χ4n) is 1.75. The Kier molecular flexibility index (Phi) is 4.83. The van der Waals surface area contributed by atoms with Crippen LogP contribution in [0.3, 0.4) is 0 Å². The maximum Gasteiger partial charge on any atom is 0.289 e. The van der Waals surface area contributed by atoms with E-state index in [0.717, 1.165) is 10.0 Å². The molecule has 0 radical (unpaired) electrons. The Morgan fingerprint density at radius 3 is 2.65 bits per heavy atom. The molecule has 0 spiro atoms. The molecule has 2 rings (SSSR count). The third-order valence-corrected chi connectivity index (χ3v) is 3.77. The number of halogens is 2. The van der Waals surface area contributed by atoms with Crippen LogP contribution in [-0.4, -0.2) is 9.78 Å². The van der Waals surface area contributed by atoms with Crippen LogP contribution in [0.15, 0.2) is 39.7 Å². The van der Waals surface area contributed by atoms with Crippen molar-refractivity contribution < 1.29 is 4.74 Å². The summed E-state index contributed by atoms with van der Waals surface area (Å²) in [5, 5.41) is 4.07. The molecule has 0 aliphatic heterocycles. The molecule has 1 atom stereocenters. The molecular formula is C14H14BrClN2O2. The zero-order valence-corrected chi connectivity index (χ0v) is 13.5. The number of aromatic nitrogens is 2. The van der Waals surface area contributed by atoms with E-state index in [4.69, 9.17) is 16.3 Å². The van der Waals surface area contributed by atoms with Crippen molar-refractivity contribution in [2.45, 2.75) is 26.5 Å². The minimum atomic E-state index is -0.338. The van der Waals surface area contributed by atoms with Crippen molar-refractivity contribution in [1.29, 1.82) is 0 Å². The standard InChI is InChI=1S/C14H14BrClN2O2/c1-3-18-14(19)13(16)12(8-17-18)20-9(2)10-4-6-11(15)7-5-10/h4-9H,3H2,1-2H3. The van der Waals surface area contributed by atoms with Crippen molar-refractivity contribution in [3.8, 4) is 5.75 Å². The maximum absolute atomic E-state index is 11.9. The van der Waals surface area contributed by atoms with E-state index in [2.05, 4.69) is 21.0 Å². The Hall–Kier alpha value is -1.33. The highest BCUT2D eigenvalue weighted by molar-refractivity contribution is 9.10. The zero-order chi connectivity index (χ0) is 14.7. The van der Waals surface area contributed by atoms with Crippen LogP contribution in [0.2, 0.25) is 5.02 Å². The highest BCUT2D eigenvalue weighted by Gasteiger charge is 2.14. The van der Waals surface area contributed by atoms with Crippen molar-refractivity contribution in [2.24, 2.45) is 0 Å². The van der Waals surface area contributed by atoms with Crippen molar-refractivity contribution in [2.75, 3.05) is 0 Å². The van der Waals surface area contributed by atoms with E-state index in [9.17, 15) is 4.79 Å². The summed E-state index contributed by atoms with van der Waals surface area (Å²) in [6, 6.07) is 7.76. The fourth-order valence-corrected chi connectivity index (χ4v) is 2.20. The largest absolute Gasteiger partial charge is 0.483 e. The van der Waals surface area contributed by atoms with Gasteiger partial charge >= 0.3 is 0 Å². The van der Waals surface area contributed by atoms with Crippen LogP contribution in [0, 0.1) is 0 Å². The summed E-state index contributed by atoms with van der Waals surface area (Å²) in [5.41, 5.74) is 0.651. The predicted molar refractivity (Wildman–Crippen MR) is 82.4 cm³/mol. The molecule has 2 aromatic rings. The van der Waals surface area contributed by atoms with Crippen molar-refractivity contribution >= 4 is 27.5 Å². The fraction of sp³-hybridized carbons (Fsp3) is 0.286. The summed E-state index contributed by atoms with van der Waals surface area (Å²) in [4.78, 5) is 11.9. The average Bonchev–Trinajstić information content (AvgIpc) is 2.45. The van der Waals surface area contributed by atoms with Gasteiger partial charge in [-0.05, 0) is 31.5 Å². The molecule has 0 amide bonds. The van der Waals surface area contributed by atoms with Crippen LogP contribution in [-0.2, 0) is 6.54 Å². The molecule has 0 aliphatic rings. The summed E-state index contributed by atoms with van der Waals surface area (Å²) in [6.45, 7) is 4.20. The molecule has 0 saturated heterocycles. The molecule has 4 nitrogen and oxygen atoms in total. The quantitative estimate of drug-likeness (QED) is 0.835. The molecule has 1 heterocycles. The van der Waals surface area contributed by atoms with E-state index in [1.807, 2.05) is 38.1 Å². The molecule has 0 N–H and O–H groups in total. The molecule has 20 heavy (non-hydrogen) atoms. The number of hydrogen-bond acceptors (Lipinski definition) is 3. The molecule has 1 aromatic carbocycles. The van der Waals surface area contributed by atoms with E-state index in [0.29, 0.717) is 12.3 Å². The van der Waals surface area contributed by atoms with E-state index in [1.165, 1.54) is 10.9 Å². The van der Waals surface area contributed by atoms with Crippen molar-refractivity contribution in [3.05, 3.63) is 55.9 Å². The van der Waals surface area contributed by atoms with Crippen LogP contribution in [0.1, 0.15) is 25.5 Å². The van der Waals surface area contributed by atoms with Gasteiger partial charge in [-0.1, -0.05) is 39.7 Å². The van der Waals surface area contributed by atoms with Gasteiger partial charge in [-0.2, -0.15) is 5.10 Å². The average molecular weight is 358 g/mol. The van der Waals surface area contributed by atoms with Gasteiger partial charge in [-0.3, -0.25) is 4.79 Å². The number of nitrogens with zero attached hydrogens (tertiary/aromatic N) is 2. The lowest BCUT2D eigenvalue weighted by atomic mass is 10.1. The van der Waals surface area contributed by atoms with Gasteiger partial charge in [-0.15, -0.1) is 0 Å². The van der Waals surface area contributed by atoms with Gasteiger partial charge in [0.1, 0.15) is 6.10 Å². The third kappa shape index (κ3) is 3.22. The Labute approximate surface area is 130 Å². The van der Waals surface area contributed by atoms with Gasteiger partial charge in [0.25, 0.3) is 5.56 Å². The number of benzene rings is 1. The van der Waals surface area contributed by atoms with Crippen LogP contribution >= 0.6 is 27.5 Å². The summed E-state index contributed by atoms with van der Waals surface area (Å²) in [6.07, 6.45) is 1.25. The third-order valence-electron chi connectivity index (χ3n) is 2.90. The molecule has 1 aromatic heterocycles. The molecular weight excluding hydrogens is 344 g/mol. The van der Waals surface area contributed by atoms with Gasteiger partial charge in [0.2, 0.25) is 0 Å². The molecule has 0 aliphatic carbocycles. The SMILES string of the molecule is CCn1ncc(OC(C)c2ccc(Br)cc2)c(Cl)c1=O. The molecule has 0 bridgehead atoms.